The Hall–Kier alpha value is -1.02. The SMILES string of the molecule is CC(C)(C)c1csc(-c2ccco2)c1. The van der Waals surface area contributed by atoms with Gasteiger partial charge in [-0.15, -0.1) is 11.3 Å². The summed E-state index contributed by atoms with van der Waals surface area (Å²) in [7, 11) is 0. The van der Waals surface area contributed by atoms with Crippen molar-refractivity contribution in [2.24, 2.45) is 0 Å². The average molecular weight is 206 g/mol. The first kappa shape index (κ1) is 9.53. The van der Waals surface area contributed by atoms with Crippen molar-refractivity contribution in [1.82, 2.24) is 0 Å². The summed E-state index contributed by atoms with van der Waals surface area (Å²) in [4.78, 5) is 1.21. The summed E-state index contributed by atoms with van der Waals surface area (Å²) < 4.78 is 5.36. The highest BCUT2D eigenvalue weighted by atomic mass is 32.1. The van der Waals surface area contributed by atoms with Crippen LogP contribution >= 0.6 is 11.3 Å². The van der Waals surface area contributed by atoms with Gasteiger partial charge in [-0.1, -0.05) is 20.8 Å². The normalized spacial score (nSPS) is 11.9. The number of rotatable bonds is 1. The van der Waals surface area contributed by atoms with Crippen LogP contribution in [0.5, 0.6) is 0 Å². The summed E-state index contributed by atoms with van der Waals surface area (Å²) in [6.07, 6.45) is 1.71. The Morgan fingerprint density at radius 2 is 2.07 bits per heavy atom. The third kappa shape index (κ3) is 1.75. The lowest BCUT2D eigenvalue weighted by Gasteiger charge is -2.15. The van der Waals surface area contributed by atoms with Gasteiger partial charge in [0.05, 0.1) is 11.1 Å². The standard InChI is InChI=1S/C12H14OS/c1-12(2,3)9-7-11(14-8-9)10-5-4-6-13-10/h4-8H,1-3H3. The van der Waals surface area contributed by atoms with E-state index in [4.69, 9.17) is 4.42 Å². The van der Waals surface area contributed by atoms with Crippen LogP contribution in [0.1, 0.15) is 26.3 Å². The fraction of sp³-hybridized carbons (Fsp3) is 0.333. The van der Waals surface area contributed by atoms with Gasteiger partial charge in [-0.25, -0.2) is 0 Å². The summed E-state index contributed by atoms with van der Waals surface area (Å²) in [5.41, 5.74) is 1.59. The molecule has 0 amide bonds. The van der Waals surface area contributed by atoms with Crippen LogP contribution in [0.4, 0.5) is 0 Å². The highest BCUT2D eigenvalue weighted by Crippen LogP contribution is 2.33. The molecule has 0 fully saturated rings. The molecule has 0 saturated heterocycles. The maximum absolute atomic E-state index is 5.36. The van der Waals surface area contributed by atoms with Gasteiger partial charge in [0.15, 0.2) is 0 Å². The second-order valence-electron chi connectivity index (χ2n) is 4.43. The van der Waals surface area contributed by atoms with E-state index in [1.165, 1.54) is 10.4 Å². The zero-order chi connectivity index (χ0) is 10.2. The quantitative estimate of drug-likeness (QED) is 0.677. The molecule has 1 nitrogen and oxygen atoms in total. The Labute approximate surface area is 88.4 Å². The van der Waals surface area contributed by atoms with Gasteiger partial charge in [0, 0.05) is 0 Å². The monoisotopic (exact) mass is 206 g/mol. The van der Waals surface area contributed by atoms with Crippen LogP contribution in [0, 0.1) is 0 Å². The molecular weight excluding hydrogens is 192 g/mol. The largest absolute Gasteiger partial charge is 0.464 e. The van der Waals surface area contributed by atoms with Crippen LogP contribution in [0.2, 0.25) is 0 Å². The van der Waals surface area contributed by atoms with E-state index in [0.29, 0.717) is 0 Å². The van der Waals surface area contributed by atoms with Gasteiger partial charge in [0.25, 0.3) is 0 Å². The Morgan fingerprint density at radius 1 is 1.29 bits per heavy atom. The second-order valence-corrected chi connectivity index (χ2v) is 5.34. The maximum Gasteiger partial charge on any atom is 0.143 e. The van der Waals surface area contributed by atoms with E-state index in [2.05, 4.69) is 32.2 Å². The molecular formula is C12H14OS. The van der Waals surface area contributed by atoms with E-state index in [1.54, 1.807) is 17.6 Å². The Kier molecular flexibility index (Phi) is 2.23. The van der Waals surface area contributed by atoms with Crippen molar-refractivity contribution in [3.63, 3.8) is 0 Å². The molecule has 2 aromatic rings. The molecule has 0 aliphatic rings. The van der Waals surface area contributed by atoms with Crippen molar-refractivity contribution in [1.29, 1.82) is 0 Å². The zero-order valence-electron chi connectivity index (χ0n) is 8.70. The lowest BCUT2D eigenvalue weighted by Crippen LogP contribution is -2.08. The molecule has 0 saturated carbocycles. The topological polar surface area (TPSA) is 13.1 Å². The van der Waals surface area contributed by atoms with Crippen molar-refractivity contribution < 1.29 is 4.42 Å². The molecule has 0 atom stereocenters. The van der Waals surface area contributed by atoms with Gasteiger partial charge in [0.1, 0.15) is 5.76 Å². The van der Waals surface area contributed by atoms with Crippen molar-refractivity contribution in [2.75, 3.05) is 0 Å². The lowest BCUT2D eigenvalue weighted by molar-refractivity contribution is 0.581. The van der Waals surface area contributed by atoms with Gasteiger partial charge >= 0.3 is 0 Å². The molecule has 2 heteroatoms. The van der Waals surface area contributed by atoms with Gasteiger partial charge in [-0.2, -0.15) is 0 Å². The summed E-state index contributed by atoms with van der Waals surface area (Å²) in [5, 5.41) is 2.21. The fourth-order valence-electron chi connectivity index (χ4n) is 1.28. The molecule has 0 aliphatic heterocycles. The van der Waals surface area contributed by atoms with E-state index in [-0.39, 0.29) is 5.41 Å². The summed E-state index contributed by atoms with van der Waals surface area (Å²) in [6.45, 7) is 6.67. The number of furan rings is 1. The fourth-order valence-corrected chi connectivity index (χ4v) is 2.38. The first-order valence-corrected chi connectivity index (χ1v) is 5.58. The molecule has 0 aliphatic carbocycles. The summed E-state index contributed by atoms with van der Waals surface area (Å²) in [5.74, 6) is 0.963. The maximum atomic E-state index is 5.36. The van der Waals surface area contributed by atoms with Crippen LogP contribution in [0.3, 0.4) is 0 Å². The summed E-state index contributed by atoms with van der Waals surface area (Å²) in [6, 6.07) is 6.13. The molecule has 0 radical (unpaired) electrons. The van der Waals surface area contributed by atoms with Gasteiger partial charge in [0.2, 0.25) is 0 Å². The molecule has 14 heavy (non-hydrogen) atoms. The van der Waals surface area contributed by atoms with Crippen LogP contribution in [0.25, 0.3) is 10.6 Å². The van der Waals surface area contributed by atoms with Crippen molar-refractivity contribution in [2.45, 2.75) is 26.2 Å². The number of hydrogen-bond donors (Lipinski definition) is 0. The zero-order valence-corrected chi connectivity index (χ0v) is 9.52. The van der Waals surface area contributed by atoms with Gasteiger partial charge < -0.3 is 4.42 Å². The van der Waals surface area contributed by atoms with Crippen LogP contribution < -0.4 is 0 Å². The van der Waals surface area contributed by atoms with E-state index < -0.39 is 0 Å². The minimum absolute atomic E-state index is 0.224. The van der Waals surface area contributed by atoms with Crippen LogP contribution in [-0.4, -0.2) is 0 Å². The first-order valence-electron chi connectivity index (χ1n) is 4.70. The van der Waals surface area contributed by atoms with Crippen molar-refractivity contribution in [3.05, 3.63) is 35.4 Å². The molecule has 2 rings (SSSR count). The predicted octanol–water partition coefficient (Wildman–Crippen LogP) is 4.31. The molecule has 0 aromatic carbocycles. The van der Waals surface area contributed by atoms with E-state index in [0.717, 1.165) is 5.76 Å². The van der Waals surface area contributed by atoms with Gasteiger partial charge in [-0.05, 0) is 34.6 Å². The Balaban J connectivity index is 2.36. The summed E-state index contributed by atoms with van der Waals surface area (Å²) >= 11 is 1.74. The number of thiophene rings is 1. The smallest absolute Gasteiger partial charge is 0.143 e. The Bertz CT molecular complexity index is 404. The highest BCUT2D eigenvalue weighted by Gasteiger charge is 2.16. The molecule has 2 aromatic heterocycles. The van der Waals surface area contributed by atoms with E-state index in [1.807, 2.05) is 12.1 Å². The van der Waals surface area contributed by atoms with E-state index in [9.17, 15) is 0 Å². The molecule has 74 valence electrons. The van der Waals surface area contributed by atoms with Gasteiger partial charge in [-0.3, -0.25) is 0 Å². The number of hydrogen-bond acceptors (Lipinski definition) is 2. The van der Waals surface area contributed by atoms with Crippen LogP contribution in [-0.2, 0) is 5.41 Å². The Morgan fingerprint density at radius 3 is 2.57 bits per heavy atom. The predicted molar refractivity (Wildman–Crippen MR) is 60.7 cm³/mol. The van der Waals surface area contributed by atoms with Crippen LogP contribution in [0.15, 0.2) is 34.3 Å². The van der Waals surface area contributed by atoms with E-state index >= 15 is 0 Å². The molecule has 2 heterocycles. The molecule has 0 unspecified atom stereocenters. The molecule has 0 bridgehead atoms. The third-order valence-electron chi connectivity index (χ3n) is 2.23. The first-order chi connectivity index (χ1) is 6.57. The minimum atomic E-state index is 0.224. The highest BCUT2D eigenvalue weighted by molar-refractivity contribution is 7.13. The third-order valence-corrected chi connectivity index (χ3v) is 3.17. The molecule has 0 N–H and O–H groups in total. The average Bonchev–Trinajstić information content (AvgIpc) is 2.73. The molecule has 0 spiro atoms. The van der Waals surface area contributed by atoms with Crippen molar-refractivity contribution in [3.8, 4) is 10.6 Å². The second kappa shape index (κ2) is 3.28. The lowest BCUT2D eigenvalue weighted by atomic mass is 9.89. The minimum Gasteiger partial charge on any atom is -0.464 e. The van der Waals surface area contributed by atoms with Crippen molar-refractivity contribution >= 4 is 11.3 Å².